The van der Waals surface area contributed by atoms with Gasteiger partial charge in [-0.2, -0.15) is 0 Å². The molecule has 1 aromatic rings. The van der Waals surface area contributed by atoms with Crippen molar-refractivity contribution in [1.29, 1.82) is 0 Å². The molecule has 1 fully saturated rings. The molecule has 1 aliphatic rings. The highest BCUT2D eigenvalue weighted by Gasteiger charge is 2.20. The Hall–Kier alpha value is -1.66. The van der Waals surface area contributed by atoms with Crippen LogP contribution in [0.15, 0.2) is 18.2 Å². The first-order valence-electron chi connectivity index (χ1n) is 7.44. The van der Waals surface area contributed by atoms with Crippen LogP contribution < -0.4 is 5.32 Å². The quantitative estimate of drug-likeness (QED) is 0.645. The second kappa shape index (κ2) is 7.38. The fraction of sp³-hybridized carbons (Fsp3) is 0.600. The molecule has 0 radical (unpaired) electrons. The second-order valence-electron chi connectivity index (χ2n) is 5.43. The van der Waals surface area contributed by atoms with Crippen molar-refractivity contribution in [3.8, 4) is 0 Å². The van der Waals surface area contributed by atoms with Crippen LogP contribution in [0.5, 0.6) is 0 Å². The van der Waals surface area contributed by atoms with Crippen LogP contribution in [0.25, 0.3) is 0 Å². The van der Waals surface area contributed by atoms with Crippen LogP contribution in [0.3, 0.4) is 0 Å². The molecule has 1 heterocycles. The molecule has 1 unspecified atom stereocenters. The van der Waals surface area contributed by atoms with Crippen LogP contribution in [-0.4, -0.2) is 42.2 Å². The first kappa shape index (κ1) is 15.7. The lowest BCUT2D eigenvalue weighted by molar-refractivity contribution is -0.384. The zero-order valence-corrected chi connectivity index (χ0v) is 12.7. The van der Waals surface area contributed by atoms with E-state index in [0.29, 0.717) is 11.7 Å². The Morgan fingerprint density at radius 3 is 3.00 bits per heavy atom. The maximum absolute atomic E-state index is 11.2. The number of nitrogens with one attached hydrogen (secondary N) is 1. The molecule has 1 N–H and O–H groups in total. The summed E-state index contributed by atoms with van der Waals surface area (Å²) in [7, 11) is 0. The maximum Gasteiger partial charge on any atom is 0.292 e. The number of morpholine rings is 1. The van der Waals surface area contributed by atoms with E-state index in [4.69, 9.17) is 4.74 Å². The van der Waals surface area contributed by atoms with E-state index in [0.717, 1.165) is 44.8 Å². The predicted octanol–water partition coefficient (Wildman–Crippen LogP) is 2.64. The van der Waals surface area contributed by atoms with Crippen molar-refractivity contribution >= 4 is 11.4 Å². The molecule has 0 aliphatic carbocycles. The summed E-state index contributed by atoms with van der Waals surface area (Å²) in [6.07, 6.45) is 0.935. The van der Waals surface area contributed by atoms with Gasteiger partial charge in [0.2, 0.25) is 0 Å². The van der Waals surface area contributed by atoms with Crippen molar-refractivity contribution in [2.45, 2.75) is 32.9 Å². The fourth-order valence-electron chi connectivity index (χ4n) is 2.47. The average Bonchev–Trinajstić information content (AvgIpc) is 2.48. The van der Waals surface area contributed by atoms with E-state index in [-0.39, 0.29) is 10.6 Å². The second-order valence-corrected chi connectivity index (χ2v) is 5.43. The summed E-state index contributed by atoms with van der Waals surface area (Å²) in [5, 5.41) is 14.3. The Morgan fingerprint density at radius 1 is 1.52 bits per heavy atom. The molecule has 0 aromatic heterocycles. The standard InChI is InChI=1S/C15H23N3O3/c1-3-6-16-14-5-4-13(9-15(14)18(19)20)10-17-7-8-21-11-12(17)2/h4-5,9,12,16H,3,6-8,10-11H2,1-2H3. The van der Waals surface area contributed by atoms with E-state index < -0.39 is 0 Å². The zero-order chi connectivity index (χ0) is 15.2. The summed E-state index contributed by atoms with van der Waals surface area (Å²) in [5.74, 6) is 0. The van der Waals surface area contributed by atoms with Gasteiger partial charge in [0, 0.05) is 31.7 Å². The molecule has 2 rings (SSSR count). The molecule has 0 spiro atoms. The minimum atomic E-state index is -0.315. The minimum absolute atomic E-state index is 0.155. The van der Waals surface area contributed by atoms with Gasteiger partial charge in [0.15, 0.2) is 0 Å². The molecule has 116 valence electrons. The van der Waals surface area contributed by atoms with Crippen LogP contribution in [0.2, 0.25) is 0 Å². The lowest BCUT2D eigenvalue weighted by atomic mass is 10.1. The summed E-state index contributed by atoms with van der Waals surface area (Å²) >= 11 is 0. The molecule has 6 nitrogen and oxygen atoms in total. The monoisotopic (exact) mass is 293 g/mol. The largest absolute Gasteiger partial charge is 0.380 e. The highest BCUT2D eigenvalue weighted by atomic mass is 16.6. The Bertz CT molecular complexity index is 493. The van der Waals surface area contributed by atoms with Crippen molar-refractivity contribution in [2.24, 2.45) is 0 Å². The van der Waals surface area contributed by atoms with E-state index in [1.807, 2.05) is 19.1 Å². The number of ether oxygens (including phenoxy) is 1. The molecule has 0 bridgehead atoms. The van der Waals surface area contributed by atoms with Crippen molar-refractivity contribution in [3.63, 3.8) is 0 Å². The Labute approximate surface area is 125 Å². The molecule has 1 aliphatic heterocycles. The van der Waals surface area contributed by atoms with Gasteiger partial charge in [-0.1, -0.05) is 13.0 Å². The predicted molar refractivity (Wildman–Crippen MR) is 82.6 cm³/mol. The summed E-state index contributed by atoms with van der Waals surface area (Å²) < 4.78 is 5.42. The van der Waals surface area contributed by atoms with E-state index >= 15 is 0 Å². The van der Waals surface area contributed by atoms with E-state index in [1.54, 1.807) is 6.07 Å². The van der Waals surface area contributed by atoms with Crippen molar-refractivity contribution in [2.75, 3.05) is 31.6 Å². The number of hydrogen-bond acceptors (Lipinski definition) is 5. The number of benzene rings is 1. The van der Waals surface area contributed by atoms with Gasteiger partial charge in [0.1, 0.15) is 5.69 Å². The number of anilines is 1. The summed E-state index contributed by atoms with van der Waals surface area (Å²) in [6, 6.07) is 5.80. The minimum Gasteiger partial charge on any atom is -0.380 e. The van der Waals surface area contributed by atoms with Crippen molar-refractivity contribution in [1.82, 2.24) is 4.90 Å². The van der Waals surface area contributed by atoms with Crippen LogP contribution >= 0.6 is 0 Å². The molecular formula is C15H23N3O3. The van der Waals surface area contributed by atoms with Gasteiger partial charge >= 0.3 is 0 Å². The van der Waals surface area contributed by atoms with Gasteiger partial charge in [-0.25, -0.2) is 0 Å². The van der Waals surface area contributed by atoms with E-state index in [2.05, 4.69) is 17.1 Å². The van der Waals surface area contributed by atoms with Crippen LogP contribution in [-0.2, 0) is 11.3 Å². The van der Waals surface area contributed by atoms with Gasteiger partial charge in [-0.05, 0) is 25.0 Å². The highest BCUT2D eigenvalue weighted by Crippen LogP contribution is 2.26. The number of nitro benzene ring substituents is 1. The normalized spacial score (nSPS) is 19.4. The highest BCUT2D eigenvalue weighted by molar-refractivity contribution is 5.62. The third kappa shape index (κ3) is 4.15. The molecule has 0 saturated carbocycles. The van der Waals surface area contributed by atoms with E-state index in [1.165, 1.54) is 0 Å². The fourth-order valence-corrected chi connectivity index (χ4v) is 2.47. The number of rotatable bonds is 6. The lowest BCUT2D eigenvalue weighted by Crippen LogP contribution is -2.42. The van der Waals surface area contributed by atoms with Gasteiger partial charge < -0.3 is 10.1 Å². The third-order valence-electron chi connectivity index (χ3n) is 3.72. The molecular weight excluding hydrogens is 270 g/mol. The smallest absolute Gasteiger partial charge is 0.292 e. The SMILES string of the molecule is CCCNc1ccc(CN2CCOCC2C)cc1[N+](=O)[O-]. The van der Waals surface area contributed by atoms with Gasteiger partial charge in [-0.3, -0.25) is 15.0 Å². The zero-order valence-electron chi connectivity index (χ0n) is 12.7. The molecule has 0 amide bonds. The van der Waals surface area contributed by atoms with Gasteiger partial charge in [0.05, 0.1) is 18.1 Å². The van der Waals surface area contributed by atoms with E-state index in [9.17, 15) is 10.1 Å². The summed E-state index contributed by atoms with van der Waals surface area (Å²) in [4.78, 5) is 13.2. The topological polar surface area (TPSA) is 67.6 Å². The van der Waals surface area contributed by atoms with Crippen molar-refractivity contribution in [3.05, 3.63) is 33.9 Å². The molecule has 1 atom stereocenters. The van der Waals surface area contributed by atoms with Crippen molar-refractivity contribution < 1.29 is 9.66 Å². The summed E-state index contributed by atoms with van der Waals surface area (Å²) in [6.45, 7) is 7.92. The van der Waals surface area contributed by atoms with Crippen LogP contribution in [0.1, 0.15) is 25.8 Å². The summed E-state index contributed by atoms with van der Waals surface area (Å²) in [5.41, 5.74) is 1.72. The first-order valence-corrected chi connectivity index (χ1v) is 7.44. The van der Waals surface area contributed by atoms with Gasteiger partial charge in [-0.15, -0.1) is 0 Å². The maximum atomic E-state index is 11.2. The van der Waals surface area contributed by atoms with Crippen LogP contribution in [0, 0.1) is 10.1 Å². The molecule has 21 heavy (non-hydrogen) atoms. The first-order chi connectivity index (χ1) is 10.1. The Balaban J connectivity index is 2.13. The number of nitro groups is 1. The number of hydrogen-bond donors (Lipinski definition) is 1. The molecule has 1 saturated heterocycles. The average molecular weight is 293 g/mol. The van der Waals surface area contributed by atoms with Crippen LogP contribution in [0.4, 0.5) is 11.4 Å². The molecule has 1 aromatic carbocycles. The Morgan fingerprint density at radius 2 is 2.33 bits per heavy atom. The molecule has 6 heteroatoms. The number of nitrogens with zero attached hydrogens (tertiary/aromatic N) is 2. The third-order valence-corrected chi connectivity index (χ3v) is 3.72. The van der Waals surface area contributed by atoms with Gasteiger partial charge in [0.25, 0.3) is 5.69 Å². The lowest BCUT2D eigenvalue weighted by Gasteiger charge is -2.33. The Kier molecular flexibility index (Phi) is 5.52.